The minimum absolute atomic E-state index is 0.221. The first-order valence-electron chi connectivity index (χ1n) is 6.63. The summed E-state index contributed by atoms with van der Waals surface area (Å²) in [6.07, 6.45) is 2.95. The summed E-state index contributed by atoms with van der Waals surface area (Å²) in [4.78, 5) is 16.6. The Morgan fingerprint density at radius 3 is 2.41 bits per heavy atom. The number of nitrogens with zero attached hydrogens (tertiary/aromatic N) is 2. The van der Waals surface area contributed by atoms with E-state index in [-0.39, 0.29) is 5.91 Å². The molecule has 96 valence electrons. The summed E-state index contributed by atoms with van der Waals surface area (Å²) in [5.74, 6) is 0.221. The summed E-state index contributed by atoms with van der Waals surface area (Å²) < 4.78 is 0. The summed E-state index contributed by atoms with van der Waals surface area (Å²) in [5, 5.41) is 3.30. The quantitative estimate of drug-likeness (QED) is 0.724. The molecule has 0 aromatic rings. The van der Waals surface area contributed by atoms with Gasteiger partial charge in [-0.25, -0.2) is 0 Å². The smallest absolute Gasteiger partial charge is 0.249 e. The van der Waals surface area contributed by atoms with E-state index in [1.807, 2.05) is 17.9 Å². The zero-order chi connectivity index (χ0) is 12.3. The second kappa shape index (κ2) is 5.65. The van der Waals surface area contributed by atoms with E-state index in [1.165, 1.54) is 0 Å². The molecular formula is C13H23N3O. The van der Waals surface area contributed by atoms with Crippen LogP contribution in [0, 0.1) is 0 Å². The Hall–Kier alpha value is -0.870. The normalized spacial score (nSPS) is 23.6. The fourth-order valence-corrected chi connectivity index (χ4v) is 2.46. The van der Waals surface area contributed by atoms with E-state index < -0.39 is 0 Å². The highest BCUT2D eigenvalue weighted by atomic mass is 16.2. The molecule has 4 heteroatoms. The summed E-state index contributed by atoms with van der Waals surface area (Å²) >= 11 is 0. The highest BCUT2D eigenvalue weighted by Gasteiger charge is 2.29. The SMILES string of the molecule is CCC=C(C)C(=O)N1CCN(C2CNC2)CC1. The first-order valence-corrected chi connectivity index (χ1v) is 6.63. The van der Waals surface area contributed by atoms with Crippen LogP contribution < -0.4 is 5.32 Å². The minimum Gasteiger partial charge on any atom is -0.336 e. The number of amides is 1. The Morgan fingerprint density at radius 1 is 1.29 bits per heavy atom. The van der Waals surface area contributed by atoms with E-state index in [9.17, 15) is 4.79 Å². The summed E-state index contributed by atoms with van der Waals surface area (Å²) in [6, 6.07) is 0.708. The van der Waals surface area contributed by atoms with Crippen molar-refractivity contribution in [3.05, 3.63) is 11.6 Å². The Morgan fingerprint density at radius 2 is 1.94 bits per heavy atom. The van der Waals surface area contributed by atoms with E-state index in [0.717, 1.165) is 51.3 Å². The molecule has 0 radical (unpaired) electrons. The molecule has 1 N–H and O–H groups in total. The summed E-state index contributed by atoms with van der Waals surface area (Å²) in [5.41, 5.74) is 0.895. The van der Waals surface area contributed by atoms with Crippen LogP contribution in [0.3, 0.4) is 0 Å². The number of allylic oxidation sites excluding steroid dienone is 1. The maximum absolute atomic E-state index is 12.1. The Bertz CT molecular complexity index is 302. The van der Waals surface area contributed by atoms with Gasteiger partial charge in [-0.3, -0.25) is 9.69 Å². The van der Waals surface area contributed by atoms with Crippen LogP contribution in [0.5, 0.6) is 0 Å². The molecule has 0 aliphatic carbocycles. The first-order chi connectivity index (χ1) is 8.22. The lowest BCUT2D eigenvalue weighted by Crippen LogP contribution is -2.62. The van der Waals surface area contributed by atoms with Crippen LogP contribution in [0.2, 0.25) is 0 Å². The molecule has 0 bridgehead atoms. The van der Waals surface area contributed by atoms with E-state index in [1.54, 1.807) is 0 Å². The van der Waals surface area contributed by atoms with E-state index in [0.29, 0.717) is 6.04 Å². The molecule has 2 aliphatic heterocycles. The Kier molecular flexibility index (Phi) is 4.18. The molecule has 2 aliphatic rings. The van der Waals surface area contributed by atoms with Crippen LogP contribution in [0.15, 0.2) is 11.6 Å². The van der Waals surface area contributed by atoms with Gasteiger partial charge in [0.1, 0.15) is 0 Å². The molecule has 2 rings (SSSR count). The van der Waals surface area contributed by atoms with E-state index in [4.69, 9.17) is 0 Å². The lowest BCUT2D eigenvalue weighted by Gasteiger charge is -2.43. The molecule has 0 unspecified atom stereocenters. The van der Waals surface area contributed by atoms with Crippen LogP contribution in [0.1, 0.15) is 20.3 Å². The van der Waals surface area contributed by atoms with Gasteiger partial charge in [-0.05, 0) is 13.3 Å². The zero-order valence-corrected chi connectivity index (χ0v) is 10.9. The fraction of sp³-hybridized carbons (Fsp3) is 0.769. The second-order valence-corrected chi connectivity index (χ2v) is 4.94. The van der Waals surface area contributed by atoms with E-state index in [2.05, 4.69) is 17.1 Å². The minimum atomic E-state index is 0.221. The standard InChI is InChI=1S/C13H23N3O/c1-3-4-11(2)13(17)16-7-5-15(6-8-16)12-9-14-10-12/h4,12,14H,3,5-10H2,1-2H3. The van der Waals surface area contributed by atoms with Crippen molar-refractivity contribution in [2.75, 3.05) is 39.3 Å². The average Bonchev–Trinajstić information content (AvgIpc) is 2.27. The average molecular weight is 237 g/mol. The molecule has 0 spiro atoms. The number of nitrogens with one attached hydrogen (secondary N) is 1. The van der Waals surface area contributed by atoms with Gasteiger partial charge in [0.25, 0.3) is 0 Å². The number of carbonyl (C=O) groups is 1. The third kappa shape index (κ3) is 2.87. The van der Waals surface area contributed by atoms with Crippen LogP contribution in [0.25, 0.3) is 0 Å². The van der Waals surface area contributed by atoms with Crippen molar-refractivity contribution >= 4 is 5.91 Å². The van der Waals surface area contributed by atoms with Gasteiger partial charge in [0.15, 0.2) is 0 Å². The molecule has 0 saturated carbocycles. The maximum Gasteiger partial charge on any atom is 0.249 e. The van der Waals surface area contributed by atoms with Crippen molar-refractivity contribution in [1.29, 1.82) is 0 Å². The van der Waals surface area contributed by atoms with Crippen molar-refractivity contribution in [3.63, 3.8) is 0 Å². The van der Waals surface area contributed by atoms with Gasteiger partial charge in [0, 0.05) is 50.9 Å². The first kappa shape index (κ1) is 12.6. The van der Waals surface area contributed by atoms with Crippen molar-refractivity contribution in [2.45, 2.75) is 26.3 Å². The van der Waals surface area contributed by atoms with Gasteiger partial charge in [0.2, 0.25) is 5.91 Å². The fourth-order valence-electron chi connectivity index (χ4n) is 2.46. The largest absolute Gasteiger partial charge is 0.336 e. The van der Waals surface area contributed by atoms with Crippen LogP contribution in [-0.4, -0.2) is 61.0 Å². The highest BCUT2D eigenvalue weighted by molar-refractivity contribution is 5.92. The maximum atomic E-state index is 12.1. The molecular weight excluding hydrogens is 214 g/mol. The molecule has 0 aromatic heterocycles. The van der Waals surface area contributed by atoms with Crippen LogP contribution in [-0.2, 0) is 4.79 Å². The molecule has 2 saturated heterocycles. The molecule has 2 fully saturated rings. The van der Waals surface area contributed by atoms with E-state index >= 15 is 0 Å². The second-order valence-electron chi connectivity index (χ2n) is 4.94. The topological polar surface area (TPSA) is 35.6 Å². The zero-order valence-electron chi connectivity index (χ0n) is 10.9. The predicted octanol–water partition coefficient (Wildman–Crippen LogP) is 0.459. The van der Waals surface area contributed by atoms with Gasteiger partial charge in [-0.2, -0.15) is 0 Å². The van der Waals surface area contributed by atoms with Gasteiger partial charge < -0.3 is 10.2 Å². The summed E-state index contributed by atoms with van der Waals surface area (Å²) in [6.45, 7) is 10.0. The van der Waals surface area contributed by atoms with Gasteiger partial charge in [-0.15, -0.1) is 0 Å². The summed E-state index contributed by atoms with van der Waals surface area (Å²) in [7, 11) is 0. The molecule has 0 aromatic carbocycles. The molecule has 0 atom stereocenters. The van der Waals surface area contributed by atoms with Gasteiger partial charge in [-0.1, -0.05) is 13.0 Å². The van der Waals surface area contributed by atoms with Gasteiger partial charge >= 0.3 is 0 Å². The number of piperazine rings is 1. The molecule has 4 nitrogen and oxygen atoms in total. The van der Waals surface area contributed by atoms with Crippen molar-refractivity contribution in [2.24, 2.45) is 0 Å². The molecule has 17 heavy (non-hydrogen) atoms. The van der Waals surface area contributed by atoms with Crippen molar-refractivity contribution < 1.29 is 4.79 Å². The highest BCUT2D eigenvalue weighted by Crippen LogP contribution is 2.12. The number of hydrogen-bond acceptors (Lipinski definition) is 3. The third-order valence-electron chi connectivity index (χ3n) is 3.73. The number of carbonyl (C=O) groups excluding carboxylic acids is 1. The molecule has 2 heterocycles. The lowest BCUT2D eigenvalue weighted by atomic mass is 10.1. The Labute approximate surface area is 104 Å². The third-order valence-corrected chi connectivity index (χ3v) is 3.73. The lowest BCUT2D eigenvalue weighted by molar-refractivity contribution is -0.129. The Balaban J connectivity index is 1.81. The predicted molar refractivity (Wildman–Crippen MR) is 68.9 cm³/mol. The number of rotatable bonds is 3. The number of hydrogen-bond donors (Lipinski definition) is 1. The van der Waals surface area contributed by atoms with Gasteiger partial charge in [0.05, 0.1) is 0 Å². The van der Waals surface area contributed by atoms with Crippen LogP contribution in [0.4, 0.5) is 0 Å². The van der Waals surface area contributed by atoms with Crippen LogP contribution >= 0.6 is 0 Å². The van der Waals surface area contributed by atoms with Crippen molar-refractivity contribution in [1.82, 2.24) is 15.1 Å². The molecule has 1 amide bonds. The monoisotopic (exact) mass is 237 g/mol. The van der Waals surface area contributed by atoms with Crippen molar-refractivity contribution in [3.8, 4) is 0 Å².